The molecule has 1 aliphatic carbocycles. The molecule has 3 heteroatoms. The molecule has 0 aromatic heterocycles. The van der Waals surface area contributed by atoms with Crippen LogP contribution in [0.25, 0.3) is 0 Å². The molecule has 0 N–H and O–H groups in total. The van der Waals surface area contributed by atoms with E-state index in [4.69, 9.17) is 23.8 Å². The highest BCUT2D eigenvalue weighted by Gasteiger charge is 2.14. The number of thiocarbonyl (C=S) groups is 1. The van der Waals surface area contributed by atoms with Gasteiger partial charge in [-0.1, -0.05) is 41.5 Å². The smallest absolute Gasteiger partial charge is 0.167 e. The second-order valence-electron chi connectivity index (χ2n) is 4.41. The molecule has 92 valence electrons. The van der Waals surface area contributed by atoms with Gasteiger partial charge in [-0.05, 0) is 36.8 Å². The third-order valence-corrected chi connectivity index (χ3v) is 3.54. The van der Waals surface area contributed by atoms with E-state index in [2.05, 4.69) is 0 Å². The molecule has 1 aromatic rings. The van der Waals surface area contributed by atoms with Gasteiger partial charge >= 0.3 is 0 Å². The van der Waals surface area contributed by atoms with Crippen molar-refractivity contribution in [2.24, 2.45) is 0 Å². The van der Waals surface area contributed by atoms with Crippen molar-refractivity contribution in [2.45, 2.75) is 19.8 Å². The van der Waals surface area contributed by atoms with Crippen LogP contribution >= 0.6 is 23.8 Å². The van der Waals surface area contributed by atoms with Crippen LogP contribution in [0.1, 0.15) is 30.1 Å². The van der Waals surface area contributed by atoms with Crippen molar-refractivity contribution in [2.75, 3.05) is 0 Å². The van der Waals surface area contributed by atoms with Gasteiger partial charge in [0.1, 0.15) is 0 Å². The van der Waals surface area contributed by atoms with E-state index >= 15 is 0 Å². The van der Waals surface area contributed by atoms with Gasteiger partial charge in [-0.2, -0.15) is 0 Å². The van der Waals surface area contributed by atoms with Crippen molar-refractivity contribution in [1.82, 2.24) is 0 Å². The summed E-state index contributed by atoms with van der Waals surface area (Å²) in [5, 5.41) is 0.637. The van der Waals surface area contributed by atoms with Gasteiger partial charge in [0.15, 0.2) is 5.78 Å². The number of hydrogen-bond acceptors (Lipinski definition) is 2. The topological polar surface area (TPSA) is 17.1 Å². The van der Waals surface area contributed by atoms with Crippen LogP contribution < -0.4 is 0 Å². The molecule has 1 aromatic carbocycles. The zero-order chi connectivity index (χ0) is 13.1. The number of halogens is 1. The number of hydrogen-bond donors (Lipinski definition) is 0. The Labute approximate surface area is 117 Å². The maximum absolute atomic E-state index is 12.1. The first kappa shape index (κ1) is 13.2. The first-order valence-electron chi connectivity index (χ1n) is 5.74. The van der Waals surface area contributed by atoms with Crippen LogP contribution in [0.15, 0.2) is 47.6 Å². The number of ketones is 1. The molecule has 0 fully saturated rings. The molecule has 2 rings (SSSR count). The standard InChI is InChI=1S/C15H13ClOS/c1-10-2-3-12(15(18)8-10)9-14(17)11-4-6-13(16)7-5-11/h2-7H,8-9H2,1H3. The third kappa shape index (κ3) is 3.15. The Balaban J connectivity index is 2.13. The van der Waals surface area contributed by atoms with Crippen molar-refractivity contribution in [3.63, 3.8) is 0 Å². The molecule has 1 aliphatic rings. The summed E-state index contributed by atoms with van der Waals surface area (Å²) in [6.07, 6.45) is 5.13. The van der Waals surface area contributed by atoms with Gasteiger partial charge in [0.25, 0.3) is 0 Å². The van der Waals surface area contributed by atoms with E-state index in [1.165, 1.54) is 5.57 Å². The minimum absolute atomic E-state index is 0.0771. The summed E-state index contributed by atoms with van der Waals surface area (Å²) >= 11 is 11.1. The summed E-state index contributed by atoms with van der Waals surface area (Å²) < 4.78 is 0. The number of allylic oxidation sites excluding steroid dienone is 4. The first-order valence-corrected chi connectivity index (χ1v) is 6.53. The number of carbonyl (C=O) groups is 1. The molecule has 0 radical (unpaired) electrons. The largest absolute Gasteiger partial charge is 0.294 e. The summed E-state index contributed by atoms with van der Waals surface area (Å²) in [5.74, 6) is 0.0771. The van der Waals surface area contributed by atoms with Gasteiger partial charge in [0.2, 0.25) is 0 Å². The molecule has 0 amide bonds. The molecular formula is C15H13ClOS. The van der Waals surface area contributed by atoms with E-state index in [1.54, 1.807) is 24.3 Å². The van der Waals surface area contributed by atoms with Crippen LogP contribution in [0.5, 0.6) is 0 Å². The van der Waals surface area contributed by atoms with E-state index < -0.39 is 0 Å². The lowest BCUT2D eigenvalue weighted by Gasteiger charge is -2.13. The highest BCUT2D eigenvalue weighted by Crippen LogP contribution is 2.21. The molecule has 0 aliphatic heterocycles. The second-order valence-corrected chi connectivity index (χ2v) is 5.34. The normalized spacial score (nSPS) is 15.1. The average molecular weight is 277 g/mol. The van der Waals surface area contributed by atoms with E-state index in [0.29, 0.717) is 17.0 Å². The highest BCUT2D eigenvalue weighted by atomic mass is 35.5. The van der Waals surface area contributed by atoms with Crippen LogP contribution in [0, 0.1) is 0 Å². The molecule has 18 heavy (non-hydrogen) atoms. The van der Waals surface area contributed by atoms with Gasteiger partial charge in [0.05, 0.1) is 0 Å². The van der Waals surface area contributed by atoms with E-state index in [1.807, 2.05) is 19.1 Å². The van der Waals surface area contributed by atoms with Crippen LogP contribution in [0.2, 0.25) is 5.02 Å². The SMILES string of the molecule is CC1=CC=C(CC(=O)c2ccc(Cl)cc2)C(=S)C1. The number of Topliss-reactive ketones (excluding diaryl/α,β-unsaturated/α-hetero) is 1. The Hall–Kier alpha value is -1.25. The molecule has 0 unspecified atom stereocenters. The van der Waals surface area contributed by atoms with Gasteiger partial charge in [-0.25, -0.2) is 0 Å². The molecule has 1 nitrogen and oxygen atoms in total. The van der Waals surface area contributed by atoms with Crippen LogP contribution in [-0.4, -0.2) is 10.6 Å². The Bertz CT molecular complexity index is 552. The fourth-order valence-electron chi connectivity index (χ4n) is 1.83. The van der Waals surface area contributed by atoms with E-state index in [-0.39, 0.29) is 5.78 Å². The number of rotatable bonds is 3. The zero-order valence-electron chi connectivity index (χ0n) is 10.1. The predicted molar refractivity (Wildman–Crippen MR) is 79.5 cm³/mol. The summed E-state index contributed by atoms with van der Waals surface area (Å²) in [6, 6.07) is 6.95. The Morgan fingerprint density at radius 3 is 2.56 bits per heavy atom. The van der Waals surface area contributed by atoms with Crippen molar-refractivity contribution in [3.05, 3.63) is 58.1 Å². The van der Waals surface area contributed by atoms with E-state index in [9.17, 15) is 4.79 Å². The number of benzene rings is 1. The Kier molecular flexibility index (Phi) is 4.10. The van der Waals surface area contributed by atoms with Gasteiger partial charge < -0.3 is 0 Å². The summed E-state index contributed by atoms with van der Waals surface area (Å²) in [5.41, 5.74) is 2.87. The van der Waals surface area contributed by atoms with Crippen LogP contribution in [0.4, 0.5) is 0 Å². The minimum Gasteiger partial charge on any atom is -0.294 e. The Morgan fingerprint density at radius 2 is 1.94 bits per heavy atom. The van der Waals surface area contributed by atoms with E-state index in [0.717, 1.165) is 16.9 Å². The van der Waals surface area contributed by atoms with Crippen molar-refractivity contribution in [1.29, 1.82) is 0 Å². The fraction of sp³-hybridized carbons (Fsp3) is 0.200. The monoisotopic (exact) mass is 276 g/mol. The van der Waals surface area contributed by atoms with Gasteiger partial charge in [-0.3, -0.25) is 4.79 Å². The van der Waals surface area contributed by atoms with Gasteiger partial charge in [0, 0.05) is 28.3 Å². The lowest BCUT2D eigenvalue weighted by Crippen LogP contribution is -2.09. The lowest BCUT2D eigenvalue weighted by molar-refractivity contribution is 0.0994. The van der Waals surface area contributed by atoms with Crippen molar-refractivity contribution < 1.29 is 4.79 Å². The van der Waals surface area contributed by atoms with Crippen LogP contribution in [-0.2, 0) is 0 Å². The van der Waals surface area contributed by atoms with Crippen molar-refractivity contribution in [3.8, 4) is 0 Å². The van der Waals surface area contributed by atoms with Crippen LogP contribution in [0.3, 0.4) is 0 Å². The zero-order valence-corrected chi connectivity index (χ0v) is 11.6. The second kappa shape index (κ2) is 5.59. The molecule has 0 heterocycles. The highest BCUT2D eigenvalue weighted by molar-refractivity contribution is 7.80. The minimum atomic E-state index is 0.0771. The Morgan fingerprint density at radius 1 is 1.28 bits per heavy atom. The molecule has 0 saturated carbocycles. The van der Waals surface area contributed by atoms with Gasteiger partial charge in [-0.15, -0.1) is 0 Å². The third-order valence-electron chi connectivity index (χ3n) is 2.88. The molecule has 0 atom stereocenters. The predicted octanol–water partition coefficient (Wildman–Crippen LogP) is 4.56. The molecule has 0 saturated heterocycles. The summed E-state index contributed by atoms with van der Waals surface area (Å²) in [4.78, 5) is 13.0. The quantitative estimate of drug-likeness (QED) is 0.595. The van der Waals surface area contributed by atoms with Crippen molar-refractivity contribution >= 4 is 34.5 Å². The average Bonchev–Trinajstić information content (AvgIpc) is 2.33. The maximum atomic E-state index is 12.1. The lowest BCUT2D eigenvalue weighted by atomic mass is 9.94. The maximum Gasteiger partial charge on any atom is 0.167 e. The first-order chi connectivity index (χ1) is 8.56. The summed E-state index contributed by atoms with van der Waals surface area (Å²) in [7, 11) is 0. The summed E-state index contributed by atoms with van der Waals surface area (Å²) in [6.45, 7) is 2.04. The molecular weight excluding hydrogens is 264 g/mol. The number of carbonyl (C=O) groups excluding carboxylic acids is 1. The molecule has 0 spiro atoms. The molecule has 0 bridgehead atoms. The fourth-order valence-corrected chi connectivity index (χ4v) is 2.32.